The number of hydrogen-bond donors (Lipinski definition) is 2. The molecule has 3 rings (SSSR count). The van der Waals surface area contributed by atoms with Crippen molar-refractivity contribution >= 4 is 23.4 Å². The number of rotatable bonds is 6. The third-order valence-corrected chi connectivity index (χ3v) is 4.40. The summed E-state index contributed by atoms with van der Waals surface area (Å²) in [4.78, 5) is 26.1. The van der Waals surface area contributed by atoms with E-state index in [9.17, 15) is 14.7 Å². The van der Waals surface area contributed by atoms with E-state index in [2.05, 4.69) is 10.4 Å². The lowest BCUT2D eigenvalue weighted by Gasteiger charge is -2.16. The average molecular weight is 393 g/mol. The van der Waals surface area contributed by atoms with Crippen molar-refractivity contribution in [3.8, 4) is 5.75 Å². The molecule has 0 saturated carbocycles. The molecule has 2 amide bonds. The molecule has 1 unspecified atom stereocenters. The molecule has 9 heteroatoms. The molecule has 0 bridgehead atoms. The second kappa shape index (κ2) is 8.41. The number of carbonyl (C=O) groups is 2. The van der Waals surface area contributed by atoms with Crippen LogP contribution in [-0.4, -0.2) is 64.4 Å². The Hall–Kier alpha value is -2.58. The first-order valence-electron chi connectivity index (χ1n) is 8.62. The van der Waals surface area contributed by atoms with Gasteiger partial charge >= 0.3 is 0 Å². The van der Waals surface area contributed by atoms with E-state index in [1.165, 1.54) is 15.6 Å². The number of nitrogens with one attached hydrogen (secondary N) is 1. The van der Waals surface area contributed by atoms with Crippen LogP contribution in [0, 0.1) is 0 Å². The lowest BCUT2D eigenvalue weighted by Crippen LogP contribution is -2.31. The number of nitrogens with zero attached hydrogens (tertiary/aromatic N) is 3. The summed E-state index contributed by atoms with van der Waals surface area (Å²) in [7, 11) is 1.67. The molecule has 2 heterocycles. The Balaban J connectivity index is 1.54. The number of halogens is 1. The van der Waals surface area contributed by atoms with Gasteiger partial charge in [0.1, 0.15) is 11.4 Å². The Morgan fingerprint density at radius 1 is 1.48 bits per heavy atom. The summed E-state index contributed by atoms with van der Waals surface area (Å²) in [5.74, 6) is 0.0372. The number of carbonyl (C=O) groups excluding carboxylic acids is 2. The third-order valence-electron chi connectivity index (χ3n) is 4.16. The number of fused-ring (bicyclic) bond motifs is 1. The van der Waals surface area contributed by atoms with Gasteiger partial charge in [-0.15, -0.1) is 0 Å². The monoisotopic (exact) mass is 392 g/mol. The van der Waals surface area contributed by atoms with E-state index in [4.69, 9.17) is 16.3 Å². The minimum Gasteiger partial charge on any atom is -0.493 e. The molecule has 144 valence electrons. The van der Waals surface area contributed by atoms with Crippen LogP contribution >= 0.6 is 11.6 Å². The minimum atomic E-state index is -0.737. The predicted octanol–water partition coefficient (Wildman–Crippen LogP) is 1.18. The smallest absolute Gasteiger partial charge is 0.274 e. The van der Waals surface area contributed by atoms with Gasteiger partial charge in [-0.25, -0.2) is 0 Å². The highest BCUT2D eigenvalue weighted by Gasteiger charge is 2.25. The fourth-order valence-corrected chi connectivity index (χ4v) is 2.93. The van der Waals surface area contributed by atoms with E-state index in [0.717, 1.165) is 0 Å². The largest absolute Gasteiger partial charge is 0.493 e. The molecule has 1 aliphatic heterocycles. The van der Waals surface area contributed by atoms with Gasteiger partial charge < -0.3 is 20.1 Å². The highest BCUT2D eigenvalue weighted by atomic mass is 35.5. The molecule has 1 aromatic heterocycles. The number of β-amino-alcohol motifs (C(OH)–C–C–N with tert-alkyl or cyclic N) is 1. The molecule has 1 atom stereocenters. The molecule has 2 N–H and O–H groups in total. The summed E-state index contributed by atoms with van der Waals surface area (Å²) in [6.07, 6.45) is -0.110. The van der Waals surface area contributed by atoms with Gasteiger partial charge in [-0.1, -0.05) is 17.7 Å². The first-order chi connectivity index (χ1) is 12.9. The molecule has 0 aliphatic carbocycles. The molecule has 0 radical (unpaired) electrons. The van der Waals surface area contributed by atoms with Crippen molar-refractivity contribution in [2.24, 2.45) is 0 Å². The van der Waals surface area contributed by atoms with Crippen LogP contribution in [0.3, 0.4) is 0 Å². The summed E-state index contributed by atoms with van der Waals surface area (Å²) in [5.41, 5.74) is 0.445. The number of aliphatic hydroxyl groups is 1. The van der Waals surface area contributed by atoms with Crippen molar-refractivity contribution in [1.29, 1.82) is 0 Å². The number of aromatic nitrogens is 2. The maximum absolute atomic E-state index is 12.5. The third kappa shape index (κ3) is 4.78. The first-order valence-corrected chi connectivity index (χ1v) is 9.00. The number of ether oxygens (including phenoxy) is 1. The van der Waals surface area contributed by atoms with E-state index in [-0.39, 0.29) is 36.3 Å². The second-order valence-electron chi connectivity index (χ2n) is 6.35. The quantitative estimate of drug-likeness (QED) is 0.719. The predicted molar refractivity (Wildman–Crippen MR) is 99.1 cm³/mol. The SMILES string of the molecule is CN(CCCOc1cccc(Cl)c1)C(=O)c1cc2n(n1)CC(O)CNC2=O. The van der Waals surface area contributed by atoms with Gasteiger partial charge in [0.2, 0.25) is 0 Å². The number of benzene rings is 1. The Labute approximate surface area is 161 Å². The van der Waals surface area contributed by atoms with Crippen LogP contribution in [0.2, 0.25) is 5.02 Å². The van der Waals surface area contributed by atoms with Crippen molar-refractivity contribution in [3.05, 3.63) is 46.7 Å². The lowest BCUT2D eigenvalue weighted by atomic mass is 10.3. The number of hydrogen-bond acceptors (Lipinski definition) is 5. The van der Waals surface area contributed by atoms with Crippen molar-refractivity contribution in [2.45, 2.75) is 19.1 Å². The van der Waals surface area contributed by atoms with E-state index < -0.39 is 6.10 Å². The Bertz CT molecular complexity index is 839. The van der Waals surface area contributed by atoms with E-state index in [1.54, 1.807) is 19.2 Å². The van der Waals surface area contributed by atoms with E-state index in [0.29, 0.717) is 30.3 Å². The van der Waals surface area contributed by atoms with Crippen molar-refractivity contribution in [2.75, 3.05) is 26.7 Å². The lowest BCUT2D eigenvalue weighted by molar-refractivity contribution is 0.0779. The summed E-state index contributed by atoms with van der Waals surface area (Å²) < 4.78 is 6.98. The van der Waals surface area contributed by atoms with Crippen molar-refractivity contribution in [3.63, 3.8) is 0 Å². The maximum atomic E-state index is 12.5. The summed E-state index contributed by atoms with van der Waals surface area (Å²) >= 11 is 5.90. The van der Waals surface area contributed by atoms with Gasteiger partial charge in [-0.2, -0.15) is 5.10 Å². The summed E-state index contributed by atoms with van der Waals surface area (Å²) in [6, 6.07) is 8.58. The topological polar surface area (TPSA) is 96.7 Å². The van der Waals surface area contributed by atoms with Crippen LogP contribution < -0.4 is 10.1 Å². The second-order valence-corrected chi connectivity index (χ2v) is 6.78. The van der Waals surface area contributed by atoms with E-state index in [1.807, 2.05) is 12.1 Å². The van der Waals surface area contributed by atoms with Crippen molar-refractivity contribution in [1.82, 2.24) is 20.0 Å². The maximum Gasteiger partial charge on any atom is 0.274 e. The molecule has 2 aromatic rings. The first kappa shape index (κ1) is 19.2. The number of aliphatic hydroxyl groups excluding tert-OH is 1. The van der Waals surface area contributed by atoms with Crippen molar-refractivity contribution < 1.29 is 19.4 Å². The number of amides is 2. The van der Waals surface area contributed by atoms with Gasteiger partial charge in [-0.3, -0.25) is 14.3 Å². The Morgan fingerprint density at radius 2 is 2.30 bits per heavy atom. The standard InChI is InChI=1S/C18H21ClN4O4/c1-22(6-3-7-27-14-5-2-4-12(19)8-14)18(26)15-9-16-17(25)20-10-13(24)11-23(16)21-15/h2,4-5,8-9,13,24H,3,6-7,10-11H2,1H3,(H,20,25). The van der Waals surface area contributed by atoms with Crippen LogP contribution in [0.5, 0.6) is 5.75 Å². The zero-order valence-corrected chi connectivity index (χ0v) is 15.6. The van der Waals surface area contributed by atoms with Gasteiger partial charge in [0, 0.05) is 31.2 Å². The highest BCUT2D eigenvalue weighted by molar-refractivity contribution is 6.30. The normalized spacial score (nSPS) is 16.3. The van der Waals surface area contributed by atoms with Gasteiger partial charge in [0.15, 0.2) is 5.69 Å². The molecule has 0 spiro atoms. The van der Waals surface area contributed by atoms with Gasteiger partial charge in [0.25, 0.3) is 11.8 Å². The Morgan fingerprint density at radius 3 is 3.07 bits per heavy atom. The van der Waals surface area contributed by atoms with E-state index >= 15 is 0 Å². The Kier molecular flexibility index (Phi) is 5.98. The van der Waals surface area contributed by atoms with Crippen LogP contribution in [0.25, 0.3) is 0 Å². The highest BCUT2D eigenvalue weighted by Crippen LogP contribution is 2.17. The zero-order chi connectivity index (χ0) is 19.4. The molecule has 0 fully saturated rings. The fourth-order valence-electron chi connectivity index (χ4n) is 2.75. The fraction of sp³-hybridized carbons (Fsp3) is 0.389. The zero-order valence-electron chi connectivity index (χ0n) is 14.9. The molecular formula is C18H21ClN4O4. The van der Waals surface area contributed by atoms with Crippen LogP contribution in [0.15, 0.2) is 30.3 Å². The van der Waals surface area contributed by atoms with Gasteiger partial charge in [-0.05, 0) is 24.6 Å². The molecule has 8 nitrogen and oxygen atoms in total. The minimum absolute atomic E-state index is 0.165. The van der Waals surface area contributed by atoms with Crippen LogP contribution in [-0.2, 0) is 6.54 Å². The summed E-state index contributed by atoms with van der Waals surface area (Å²) in [6.45, 7) is 1.24. The summed E-state index contributed by atoms with van der Waals surface area (Å²) in [5, 5.41) is 17.1. The molecule has 27 heavy (non-hydrogen) atoms. The molecule has 1 aliphatic rings. The molecule has 0 saturated heterocycles. The van der Waals surface area contributed by atoms with Gasteiger partial charge in [0.05, 0.1) is 19.3 Å². The molecular weight excluding hydrogens is 372 g/mol. The average Bonchev–Trinajstić information content (AvgIpc) is 3.00. The van der Waals surface area contributed by atoms with Crippen LogP contribution in [0.1, 0.15) is 27.4 Å². The van der Waals surface area contributed by atoms with Crippen LogP contribution in [0.4, 0.5) is 0 Å². The molecule has 1 aromatic carbocycles.